The number of fused-ring (bicyclic) bond motifs is 5. The zero-order valence-corrected chi connectivity index (χ0v) is 33.5. The summed E-state index contributed by atoms with van der Waals surface area (Å²) in [7, 11) is 1.35. The summed E-state index contributed by atoms with van der Waals surface area (Å²) in [5.74, 6) is -3.88. The van der Waals surface area contributed by atoms with Gasteiger partial charge in [0.1, 0.15) is 11.7 Å². The second-order valence-electron chi connectivity index (χ2n) is 16.2. The highest BCUT2D eigenvalue weighted by atomic mass is 32.2. The van der Waals surface area contributed by atoms with Gasteiger partial charge in [0.15, 0.2) is 18.0 Å². The Kier molecular flexibility index (Phi) is 11.5. The Bertz CT molecular complexity index is 1820. The van der Waals surface area contributed by atoms with Crippen molar-refractivity contribution in [1.82, 2.24) is 5.32 Å². The third-order valence-electron chi connectivity index (χ3n) is 13.0. The van der Waals surface area contributed by atoms with Crippen molar-refractivity contribution in [3.63, 3.8) is 0 Å². The standard InChI is InChI=1S/C42H53NO11S/c1-23-28(54-38(47)34(50-7)32(26-15-11-9-12-16-26)43-37(46)27-17-13-10-14-18-27)20-42(49)24(2)35-40(6,29(52-22-55-8)19-30-41(35,48)21-51-30)36(45)33(53-25(3)44)31(23)39(42,4)5/h9-18,24,28-30,32-35,48-49H,19-22H2,1-8H3,(H,43,46)/t24-,28?,29?,30?,32?,33?,34?,35?,40+,41?,42?/m0/s1. The lowest BCUT2D eigenvalue weighted by Crippen LogP contribution is -2.79. The van der Waals surface area contributed by atoms with Gasteiger partial charge in [0.25, 0.3) is 5.91 Å². The van der Waals surface area contributed by atoms with Gasteiger partial charge in [-0.15, -0.1) is 11.8 Å². The number of nitrogens with one attached hydrogen (secondary N) is 1. The highest BCUT2D eigenvalue weighted by Gasteiger charge is 2.75. The Morgan fingerprint density at radius 2 is 1.65 bits per heavy atom. The molecule has 12 nitrogen and oxygen atoms in total. The molecule has 4 aliphatic rings. The number of aliphatic hydroxyl groups is 2. The number of carbonyl (C=O) groups excluding carboxylic acids is 4. The molecule has 2 aromatic carbocycles. The van der Waals surface area contributed by atoms with Crippen LogP contribution in [0.4, 0.5) is 0 Å². The molecule has 1 aliphatic heterocycles. The van der Waals surface area contributed by atoms with Crippen molar-refractivity contribution in [3.8, 4) is 0 Å². The molecule has 1 heterocycles. The van der Waals surface area contributed by atoms with Gasteiger partial charge in [-0.25, -0.2) is 4.79 Å². The average molecular weight is 780 g/mol. The third kappa shape index (κ3) is 6.74. The maximum atomic E-state index is 15.3. The fraction of sp³-hybridized carbons (Fsp3) is 0.571. The molecule has 11 atom stereocenters. The Morgan fingerprint density at radius 1 is 1.02 bits per heavy atom. The third-order valence-corrected chi connectivity index (χ3v) is 13.4. The van der Waals surface area contributed by atoms with E-state index in [0.29, 0.717) is 22.3 Å². The lowest BCUT2D eigenvalue weighted by molar-refractivity contribution is -0.338. The van der Waals surface area contributed by atoms with Gasteiger partial charge < -0.3 is 39.2 Å². The van der Waals surface area contributed by atoms with Gasteiger partial charge in [-0.05, 0) is 54.9 Å². The van der Waals surface area contributed by atoms with Crippen molar-refractivity contribution in [2.75, 3.05) is 25.9 Å². The maximum absolute atomic E-state index is 15.3. The van der Waals surface area contributed by atoms with Crippen LogP contribution in [0.5, 0.6) is 0 Å². The van der Waals surface area contributed by atoms with Crippen LogP contribution in [-0.4, -0.2) is 101 Å². The normalized spacial score (nSPS) is 34.8. The van der Waals surface area contributed by atoms with E-state index in [4.69, 9.17) is 23.7 Å². The minimum absolute atomic E-state index is 0.0508. The first-order chi connectivity index (χ1) is 26.0. The highest BCUT2D eigenvalue weighted by molar-refractivity contribution is 7.98. The Balaban J connectivity index is 1.45. The smallest absolute Gasteiger partial charge is 0.338 e. The molecule has 3 fully saturated rings. The van der Waals surface area contributed by atoms with Crippen LogP contribution in [-0.2, 0) is 38.1 Å². The second kappa shape index (κ2) is 15.4. The topological polar surface area (TPSA) is 167 Å². The number of benzene rings is 2. The number of rotatable bonds is 11. The molecule has 13 heteroatoms. The predicted octanol–water partition coefficient (Wildman–Crippen LogP) is 4.57. The maximum Gasteiger partial charge on any atom is 0.338 e. The van der Waals surface area contributed by atoms with Crippen LogP contribution in [0.1, 0.15) is 76.3 Å². The van der Waals surface area contributed by atoms with Gasteiger partial charge in [0.2, 0.25) is 0 Å². The van der Waals surface area contributed by atoms with Gasteiger partial charge in [0, 0.05) is 43.8 Å². The molecule has 9 unspecified atom stereocenters. The number of hydrogen-bond donors (Lipinski definition) is 3. The van der Waals surface area contributed by atoms with E-state index in [2.05, 4.69) is 5.32 Å². The van der Waals surface area contributed by atoms with E-state index in [1.165, 1.54) is 25.8 Å². The molecule has 0 spiro atoms. The molecule has 2 bridgehead atoms. The summed E-state index contributed by atoms with van der Waals surface area (Å²) in [4.78, 5) is 56.1. The summed E-state index contributed by atoms with van der Waals surface area (Å²) >= 11 is 1.44. The number of carbonyl (C=O) groups is 4. The molecular formula is C42H53NO11S. The highest BCUT2D eigenvalue weighted by Crippen LogP contribution is 2.65. The molecule has 1 amide bonds. The van der Waals surface area contributed by atoms with Crippen molar-refractivity contribution < 1.29 is 53.1 Å². The summed E-state index contributed by atoms with van der Waals surface area (Å²) in [6.45, 7) is 10.0. The van der Waals surface area contributed by atoms with Gasteiger partial charge in [0.05, 0.1) is 41.8 Å². The van der Waals surface area contributed by atoms with Crippen molar-refractivity contribution in [3.05, 3.63) is 82.9 Å². The van der Waals surface area contributed by atoms with Gasteiger partial charge >= 0.3 is 11.9 Å². The van der Waals surface area contributed by atoms with Gasteiger partial charge in [-0.3, -0.25) is 14.4 Å². The van der Waals surface area contributed by atoms with E-state index in [1.807, 2.05) is 19.2 Å². The van der Waals surface area contributed by atoms with Crippen molar-refractivity contribution >= 4 is 35.4 Å². The fourth-order valence-corrected chi connectivity index (χ4v) is 10.4. The lowest BCUT2D eigenvalue weighted by atomic mass is 9.42. The molecule has 6 rings (SSSR count). The number of Topliss-reactive ketones (excluding diaryl/α,β-unsaturated/α-hetero) is 1. The molecule has 0 aromatic heterocycles. The van der Waals surface area contributed by atoms with Gasteiger partial charge in [-0.2, -0.15) is 0 Å². The first-order valence-electron chi connectivity index (χ1n) is 18.7. The summed E-state index contributed by atoms with van der Waals surface area (Å²) in [5.41, 5.74) is -4.16. The second-order valence-corrected chi connectivity index (χ2v) is 17.0. The van der Waals surface area contributed by atoms with Crippen molar-refractivity contribution in [2.24, 2.45) is 22.7 Å². The summed E-state index contributed by atoms with van der Waals surface area (Å²) < 4.78 is 30.2. The molecule has 3 aliphatic carbocycles. The van der Waals surface area contributed by atoms with Crippen LogP contribution in [0.3, 0.4) is 0 Å². The molecule has 55 heavy (non-hydrogen) atoms. The number of hydrogen-bond acceptors (Lipinski definition) is 12. The quantitative estimate of drug-likeness (QED) is 0.166. The Hall–Kier alpha value is -3.59. The van der Waals surface area contributed by atoms with E-state index in [9.17, 15) is 24.6 Å². The van der Waals surface area contributed by atoms with Crippen LogP contribution in [0, 0.1) is 22.7 Å². The van der Waals surface area contributed by atoms with E-state index >= 15 is 4.79 Å². The summed E-state index contributed by atoms with van der Waals surface area (Å²) in [5, 5.41) is 28.6. The van der Waals surface area contributed by atoms with E-state index < -0.39 is 94.1 Å². The van der Waals surface area contributed by atoms with Crippen LogP contribution in [0.15, 0.2) is 71.8 Å². The van der Waals surface area contributed by atoms with Crippen molar-refractivity contribution in [1.29, 1.82) is 0 Å². The van der Waals surface area contributed by atoms with Crippen LogP contribution in [0.2, 0.25) is 0 Å². The fourth-order valence-electron chi connectivity index (χ4n) is 10.1. The number of esters is 2. The SMILES string of the molecule is COC(C(=O)OC1CC2(O)[C@@H](C)C3C4(O)COC4CC(OCSC)[C@@]3(C)C(=O)C(OC(C)=O)C(=C1C)C2(C)C)C(NC(=O)c1ccccc1)c1ccccc1. The molecule has 2 aromatic rings. The summed E-state index contributed by atoms with van der Waals surface area (Å²) in [6, 6.07) is 16.5. The number of amides is 1. The van der Waals surface area contributed by atoms with Crippen molar-refractivity contribution in [2.45, 2.75) is 102 Å². The molecule has 1 saturated heterocycles. The van der Waals surface area contributed by atoms with Crippen LogP contribution in [0.25, 0.3) is 0 Å². The number of thioether (sulfide) groups is 1. The molecule has 3 N–H and O–H groups in total. The minimum atomic E-state index is -1.74. The van der Waals surface area contributed by atoms with Gasteiger partial charge in [-0.1, -0.05) is 69.3 Å². The molecule has 0 radical (unpaired) electrons. The number of ether oxygens (including phenoxy) is 5. The van der Waals surface area contributed by atoms with Crippen LogP contribution < -0.4 is 5.32 Å². The Labute approximate surface area is 326 Å². The molecular weight excluding hydrogens is 727 g/mol. The van der Waals surface area contributed by atoms with E-state index in [0.717, 1.165) is 0 Å². The van der Waals surface area contributed by atoms with E-state index in [-0.39, 0.29) is 25.4 Å². The zero-order chi connectivity index (χ0) is 40.1. The minimum Gasteiger partial charge on any atom is -0.456 e. The van der Waals surface area contributed by atoms with E-state index in [1.54, 1.807) is 82.3 Å². The predicted molar refractivity (Wildman–Crippen MR) is 204 cm³/mol. The summed E-state index contributed by atoms with van der Waals surface area (Å²) in [6.07, 6.45) is -3.34. The van der Waals surface area contributed by atoms with Crippen LogP contribution >= 0.6 is 11.8 Å². The largest absolute Gasteiger partial charge is 0.456 e. The molecule has 2 saturated carbocycles. The molecule has 298 valence electrons. The monoisotopic (exact) mass is 779 g/mol. The zero-order valence-electron chi connectivity index (χ0n) is 32.7. The average Bonchev–Trinajstić information content (AvgIpc) is 3.15. The first kappa shape index (κ1) is 41.1. The lowest BCUT2D eigenvalue weighted by Gasteiger charge is -2.67. The Morgan fingerprint density at radius 3 is 2.22 bits per heavy atom. The number of methoxy groups -OCH3 is 1. The first-order valence-corrected chi connectivity index (χ1v) is 20.1. The number of ketones is 1.